The molecule has 0 saturated heterocycles. The van der Waals surface area contributed by atoms with Gasteiger partial charge in [-0.25, -0.2) is 8.78 Å². The van der Waals surface area contributed by atoms with E-state index in [9.17, 15) is 8.78 Å². The van der Waals surface area contributed by atoms with E-state index in [-0.39, 0.29) is 24.0 Å². The molecule has 3 heteroatoms. The fourth-order valence-corrected chi connectivity index (χ4v) is 1.43. The van der Waals surface area contributed by atoms with Crippen LogP contribution in [0, 0.1) is 17.8 Å². The Balaban J connectivity index is 5.24. The molecule has 0 fully saturated rings. The Labute approximate surface area is 115 Å². The number of rotatable bonds is 6. The number of hydrogen-bond acceptors (Lipinski definition) is 1. The summed E-state index contributed by atoms with van der Waals surface area (Å²) in [5.41, 5.74) is 0.623. The molecule has 19 heavy (non-hydrogen) atoms. The first-order valence-corrected chi connectivity index (χ1v) is 6.74. The highest BCUT2D eigenvalue weighted by atomic mass is 19.2. The van der Waals surface area contributed by atoms with Gasteiger partial charge in [-0.2, -0.15) is 0 Å². The first kappa shape index (κ1) is 18.0. The molecule has 0 aliphatic rings. The van der Waals surface area contributed by atoms with Gasteiger partial charge in [0.15, 0.2) is 11.7 Å². The van der Waals surface area contributed by atoms with Crippen LogP contribution in [0.15, 0.2) is 35.0 Å². The zero-order valence-electron chi connectivity index (χ0n) is 12.8. The van der Waals surface area contributed by atoms with Gasteiger partial charge in [0.25, 0.3) is 0 Å². The van der Waals surface area contributed by atoms with Crippen LogP contribution < -0.4 is 0 Å². The second-order valence-corrected chi connectivity index (χ2v) is 5.50. The van der Waals surface area contributed by atoms with Gasteiger partial charge in [-0.15, -0.1) is 0 Å². The van der Waals surface area contributed by atoms with Crippen molar-refractivity contribution >= 4 is 0 Å². The largest absolute Gasteiger partial charge is 0.396 e. The number of aliphatic hydroxyl groups excluding tert-OH is 1. The van der Waals surface area contributed by atoms with Crippen molar-refractivity contribution in [1.82, 2.24) is 0 Å². The Morgan fingerprint density at radius 2 is 1.42 bits per heavy atom. The maximum absolute atomic E-state index is 14.0. The highest BCUT2D eigenvalue weighted by Crippen LogP contribution is 2.28. The van der Waals surface area contributed by atoms with Gasteiger partial charge in [0, 0.05) is 12.5 Å². The number of aliphatic hydroxyl groups is 1. The van der Waals surface area contributed by atoms with Crippen molar-refractivity contribution in [3.63, 3.8) is 0 Å². The van der Waals surface area contributed by atoms with Crippen LogP contribution in [0.1, 0.15) is 41.5 Å². The van der Waals surface area contributed by atoms with Crippen molar-refractivity contribution in [3.8, 4) is 0 Å². The second kappa shape index (κ2) is 8.26. The van der Waals surface area contributed by atoms with Crippen LogP contribution in [-0.4, -0.2) is 11.7 Å². The minimum atomic E-state index is -0.844. The molecule has 0 aromatic rings. The summed E-state index contributed by atoms with van der Waals surface area (Å²) in [5.74, 6) is -1.79. The Morgan fingerprint density at radius 3 is 1.84 bits per heavy atom. The van der Waals surface area contributed by atoms with E-state index >= 15 is 0 Å². The van der Waals surface area contributed by atoms with Gasteiger partial charge in [0.05, 0.1) is 0 Å². The standard InChI is InChI=1S/C16H26F2O/c1-10(2)7-8-11(3)13(5)15(17)16(18)14(6)12(4)9-19/h7-8,10-12,19H,9H2,1-6H3/b8-7-,15-13-,16-14-. The molecule has 2 atom stereocenters. The first-order valence-electron chi connectivity index (χ1n) is 6.74. The lowest BCUT2D eigenvalue weighted by atomic mass is 9.96. The Morgan fingerprint density at radius 1 is 0.947 bits per heavy atom. The lowest BCUT2D eigenvalue weighted by Gasteiger charge is -2.13. The number of hydrogen-bond donors (Lipinski definition) is 1. The van der Waals surface area contributed by atoms with Crippen molar-refractivity contribution in [2.75, 3.05) is 6.61 Å². The second-order valence-electron chi connectivity index (χ2n) is 5.50. The topological polar surface area (TPSA) is 20.2 Å². The summed E-state index contributed by atoms with van der Waals surface area (Å²) in [6.07, 6.45) is 3.87. The average molecular weight is 272 g/mol. The third-order valence-corrected chi connectivity index (χ3v) is 3.37. The third kappa shape index (κ3) is 5.68. The molecule has 0 amide bonds. The van der Waals surface area contributed by atoms with Crippen molar-refractivity contribution in [2.45, 2.75) is 41.5 Å². The zero-order chi connectivity index (χ0) is 15.2. The Bertz CT molecular complexity index is 378. The fraction of sp³-hybridized carbons (Fsp3) is 0.625. The average Bonchev–Trinajstić information content (AvgIpc) is 2.40. The third-order valence-electron chi connectivity index (χ3n) is 3.37. The predicted octanol–water partition coefficient (Wildman–Crippen LogP) is 4.95. The van der Waals surface area contributed by atoms with E-state index in [2.05, 4.69) is 0 Å². The smallest absolute Gasteiger partial charge is 0.158 e. The molecule has 1 N–H and O–H groups in total. The van der Waals surface area contributed by atoms with Gasteiger partial charge < -0.3 is 5.11 Å². The summed E-state index contributed by atoms with van der Waals surface area (Å²) in [6, 6.07) is 0. The Kier molecular flexibility index (Phi) is 7.84. The van der Waals surface area contributed by atoms with Crippen LogP contribution in [0.3, 0.4) is 0 Å². The van der Waals surface area contributed by atoms with Crippen molar-refractivity contribution in [2.24, 2.45) is 17.8 Å². The monoisotopic (exact) mass is 272 g/mol. The number of allylic oxidation sites excluding steroid dienone is 5. The quantitative estimate of drug-likeness (QED) is 0.536. The highest BCUT2D eigenvalue weighted by Gasteiger charge is 2.17. The molecule has 0 heterocycles. The van der Waals surface area contributed by atoms with E-state index in [1.807, 2.05) is 32.9 Å². The maximum Gasteiger partial charge on any atom is 0.158 e. The molecular formula is C16H26F2O. The van der Waals surface area contributed by atoms with Crippen molar-refractivity contribution in [3.05, 3.63) is 35.0 Å². The van der Waals surface area contributed by atoms with Crippen LogP contribution in [0.5, 0.6) is 0 Å². The summed E-state index contributed by atoms with van der Waals surface area (Å²) >= 11 is 0. The van der Waals surface area contributed by atoms with Gasteiger partial charge in [-0.1, -0.05) is 39.8 Å². The normalized spacial score (nSPS) is 18.4. The molecule has 0 rings (SSSR count). The lowest BCUT2D eigenvalue weighted by Crippen LogP contribution is -2.05. The van der Waals surface area contributed by atoms with Crippen LogP contribution in [0.2, 0.25) is 0 Å². The number of halogens is 2. The fourth-order valence-electron chi connectivity index (χ4n) is 1.43. The van der Waals surface area contributed by atoms with Gasteiger partial charge in [-0.05, 0) is 36.8 Å². The van der Waals surface area contributed by atoms with Gasteiger partial charge in [0.2, 0.25) is 0 Å². The van der Waals surface area contributed by atoms with Crippen LogP contribution in [-0.2, 0) is 0 Å². The molecule has 0 aromatic heterocycles. The van der Waals surface area contributed by atoms with Crippen LogP contribution in [0.25, 0.3) is 0 Å². The molecule has 1 nitrogen and oxygen atoms in total. The molecule has 0 spiro atoms. The van der Waals surface area contributed by atoms with Gasteiger partial charge >= 0.3 is 0 Å². The highest BCUT2D eigenvalue weighted by molar-refractivity contribution is 5.31. The van der Waals surface area contributed by atoms with Crippen molar-refractivity contribution in [1.29, 1.82) is 0 Å². The van der Waals surface area contributed by atoms with E-state index in [4.69, 9.17) is 5.11 Å². The molecule has 0 radical (unpaired) electrons. The molecular weight excluding hydrogens is 246 g/mol. The minimum absolute atomic E-state index is 0.148. The summed E-state index contributed by atoms with van der Waals surface area (Å²) in [4.78, 5) is 0. The molecule has 110 valence electrons. The van der Waals surface area contributed by atoms with E-state index in [0.29, 0.717) is 11.5 Å². The van der Waals surface area contributed by atoms with Gasteiger partial charge in [-0.3, -0.25) is 0 Å². The summed E-state index contributed by atoms with van der Waals surface area (Å²) < 4.78 is 28.0. The molecule has 0 aromatic carbocycles. The molecule has 2 unspecified atom stereocenters. The predicted molar refractivity (Wildman–Crippen MR) is 77.0 cm³/mol. The first-order chi connectivity index (χ1) is 8.72. The molecule has 0 aliphatic heterocycles. The van der Waals surface area contributed by atoms with E-state index in [0.717, 1.165) is 0 Å². The zero-order valence-corrected chi connectivity index (χ0v) is 12.8. The van der Waals surface area contributed by atoms with Crippen LogP contribution in [0.4, 0.5) is 8.78 Å². The van der Waals surface area contributed by atoms with Crippen LogP contribution >= 0.6 is 0 Å². The minimum Gasteiger partial charge on any atom is -0.396 e. The SMILES string of the molecule is C/C(=C(F)\C(F)=C(/C)C(C)CO)C(C)/C=C\C(C)C. The summed E-state index contributed by atoms with van der Waals surface area (Å²) in [5, 5.41) is 8.98. The summed E-state index contributed by atoms with van der Waals surface area (Å²) in [6.45, 7) is 10.5. The Hall–Kier alpha value is -0.960. The summed E-state index contributed by atoms with van der Waals surface area (Å²) in [7, 11) is 0. The lowest BCUT2D eigenvalue weighted by molar-refractivity contribution is 0.253. The van der Waals surface area contributed by atoms with Gasteiger partial charge in [0.1, 0.15) is 0 Å². The van der Waals surface area contributed by atoms with E-state index in [1.165, 1.54) is 6.92 Å². The molecule has 0 bridgehead atoms. The molecule has 0 aliphatic carbocycles. The van der Waals surface area contributed by atoms with E-state index in [1.54, 1.807) is 13.8 Å². The molecule has 0 saturated carbocycles. The van der Waals surface area contributed by atoms with Crippen molar-refractivity contribution < 1.29 is 13.9 Å². The maximum atomic E-state index is 14.0. The van der Waals surface area contributed by atoms with E-state index < -0.39 is 11.7 Å².